The lowest BCUT2D eigenvalue weighted by molar-refractivity contribution is -0.386. The molecule has 2 aromatic carbocycles. The van der Waals surface area contributed by atoms with Gasteiger partial charge in [0.05, 0.1) is 12.0 Å². The number of hydrogen-bond acceptors (Lipinski definition) is 7. The molecule has 0 bridgehead atoms. The fraction of sp³-hybridized carbons (Fsp3) is 0.0952. The van der Waals surface area contributed by atoms with Gasteiger partial charge in [-0.1, -0.05) is 24.3 Å². The molecule has 162 valence electrons. The van der Waals surface area contributed by atoms with E-state index in [1.165, 1.54) is 31.6 Å². The summed E-state index contributed by atoms with van der Waals surface area (Å²) < 4.78 is 25.0. The van der Waals surface area contributed by atoms with Crippen LogP contribution in [0.15, 0.2) is 53.6 Å². The van der Waals surface area contributed by atoms with Crippen LogP contribution < -0.4 is 15.0 Å². The smallest absolute Gasteiger partial charge is 0.361 e. The second-order valence-electron chi connectivity index (χ2n) is 6.59. The molecule has 4 aromatic rings. The zero-order valence-corrected chi connectivity index (χ0v) is 16.7. The van der Waals surface area contributed by atoms with E-state index in [4.69, 9.17) is 9.47 Å². The van der Waals surface area contributed by atoms with Gasteiger partial charge in [0.1, 0.15) is 18.8 Å². The highest BCUT2D eigenvalue weighted by Crippen LogP contribution is 2.30. The van der Waals surface area contributed by atoms with Crippen LogP contribution in [0.4, 0.5) is 10.1 Å². The number of methoxy groups -OCH3 is 1. The van der Waals surface area contributed by atoms with Crippen molar-refractivity contribution in [3.8, 4) is 11.5 Å². The molecule has 0 aliphatic carbocycles. The molecule has 2 aromatic heterocycles. The average molecular weight is 437 g/mol. The third kappa shape index (κ3) is 4.17. The van der Waals surface area contributed by atoms with Crippen molar-refractivity contribution in [3.63, 3.8) is 0 Å². The molecule has 1 N–H and O–H groups in total. The van der Waals surface area contributed by atoms with Crippen molar-refractivity contribution in [1.29, 1.82) is 0 Å². The molecule has 4 rings (SSSR count). The van der Waals surface area contributed by atoms with E-state index in [9.17, 15) is 19.3 Å². The molecule has 0 saturated heterocycles. The van der Waals surface area contributed by atoms with Crippen molar-refractivity contribution in [1.82, 2.24) is 19.6 Å². The number of nitrogens with zero attached hydrogens (tertiary/aromatic N) is 4. The molecule has 0 aliphatic heterocycles. The van der Waals surface area contributed by atoms with Crippen LogP contribution in [0.25, 0.3) is 17.9 Å². The largest absolute Gasteiger partial charge is 0.493 e. The second kappa shape index (κ2) is 8.68. The van der Waals surface area contributed by atoms with E-state index in [0.717, 1.165) is 10.1 Å². The van der Waals surface area contributed by atoms with E-state index >= 15 is 0 Å². The van der Waals surface area contributed by atoms with Crippen molar-refractivity contribution in [2.45, 2.75) is 6.61 Å². The van der Waals surface area contributed by atoms with Crippen LogP contribution in [0, 0.1) is 15.9 Å². The number of benzene rings is 2. The van der Waals surface area contributed by atoms with Gasteiger partial charge >= 0.3 is 11.2 Å². The maximum Gasteiger partial charge on any atom is 0.361 e. The van der Waals surface area contributed by atoms with Crippen LogP contribution in [0.2, 0.25) is 0 Å². The summed E-state index contributed by atoms with van der Waals surface area (Å²) in [5.74, 6) is 0.586. The maximum absolute atomic E-state index is 13.0. The Balaban J connectivity index is 1.59. The van der Waals surface area contributed by atoms with E-state index in [-0.39, 0.29) is 23.9 Å². The van der Waals surface area contributed by atoms with Gasteiger partial charge in [-0.25, -0.2) is 14.4 Å². The molecular formula is C21H16FN5O5. The number of fused-ring (bicyclic) bond motifs is 1. The van der Waals surface area contributed by atoms with Gasteiger partial charge in [0.2, 0.25) is 0 Å². The Kier molecular flexibility index (Phi) is 5.62. The molecule has 0 radical (unpaired) electrons. The first-order chi connectivity index (χ1) is 15.5. The minimum atomic E-state index is -0.862. The lowest BCUT2D eigenvalue weighted by atomic mass is 10.1. The number of halogens is 1. The fourth-order valence-electron chi connectivity index (χ4n) is 2.98. The summed E-state index contributed by atoms with van der Waals surface area (Å²) in [4.78, 5) is 30.9. The zero-order chi connectivity index (χ0) is 22.7. The Labute approximate surface area is 179 Å². The predicted octanol–water partition coefficient (Wildman–Crippen LogP) is 3.22. The highest BCUT2D eigenvalue weighted by Gasteiger charge is 2.22. The first-order valence-electron chi connectivity index (χ1n) is 9.30. The molecule has 2 heterocycles. The molecule has 0 spiro atoms. The Morgan fingerprint density at radius 2 is 1.97 bits per heavy atom. The number of ether oxygens (including phenoxy) is 2. The van der Waals surface area contributed by atoms with E-state index in [2.05, 4.69) is 15.1 Å². The van der Waals surface area contributed by atoms with E-state index in [1.807, 2.05) is 0 Å². The Morgan fingerprint density at radius 1 is 1.19 bits per heavy atom. The third-order valence-electron chi connectivity index (χ3n) is 4.55. The average Bonchev–Trinajstić information content (AvgIpc) is 3.26. The van der Waals surface area contributed by atoms with Crippen LogP contribution in [-0.2, 0) is 6.61 Å². The second-order valence-corrected chi connectivity index (χ2v) is 6.59. The first-order valence-corrected chi connectivity index (χ1v) is 9.30. The fourth-order valence-corrected chi connectivity index (χ4v) is 2.98. The number of aromatic amines is 1. The van der Waals surface area contributed by atoms with Crippen LogP contribution in [-0.4, -0.2) is 31.6 Å². The molecule has 32 heavy (non-hydrogen) atoms. The number of rotatable bonds is 7. The normalized spacial score (nSPS) is 11.2. The van der Waals surface area contributed by atoms with Gasteiger partial charge < -0.3 is 9.47 Å². The monoisotopic (exact) mass is 437 g/mol. The third-order valence-corrected chi connectivity index (χ3v) is 4.55. The summed E-state index contributed by atoms with van der Waals surface area (Å²) in [5, 5.41) is 13.9. The standard InChI is InChI=1S/C21H16FN5O5/c1-31-18-10-13(5-9-17(18)32-11-14-2-6-15(22)7-3-14)4-8-16-19(27(29)30)20(28)26-21(25-16)23-12-24-26/h2-10,12H,11H2,1H3,(H,23,24,25)/b8-4+. The molecule has 0 unspecified atom stereocenters. The highest BCUT2D eigenvalue weighted by molar-refractivity contribution is 5.73. The van der Waals surface area contributed by atoms with Crippen molar-refractivity contribution >= 4 is 23.6 Å². The van der Waals surface area contributed by atoms with Gasteiger partial charge in [-0.2, -0.15) is 4.52 Å². The molecule has 10 nitrogen and oxygen atoms in total. The topological polar surface area (TPSA) is 125 Å². The molecule has 0 atom stereocenters. The van der Waals surface area contributed by atoms with E-state index in [0.29, 0.717) is 17.1 Å². The quantitative estimate of drug-likeness (QED) is 0.348. The lowest BCUT2D eigenvalue weighted by Gasteiger charge is -2.11. The summed E-state index contributed by atoms with van der Waals surface area (Å²) in [6.45, 7) is 0.218. The van der Waals surface area contributed by atoms with Gasteiger partial charge in [0.25, 0.3) is 5.78 Å². The van der Waals surface area contributed by atoms with Gasteiger partial charge in [-0.15, -0.1) is 0 Å². The van der Waals surface area contributed by atoms with Crippen molar-refractivity contribution < 1.29 is 18.8 Å². The number of H-pyrrole nitrogens is 1. The summed E-state index contributed by atoms with van der Waals surface area (Å²) in [6, 6.07) is 11.0. The first kappa shape index (κ1) is 20.7. The van der Waals surface area contributed by atoms with Crippen molar-refractivity contribution in [2.75, 3.05) is 7.11 Å². The highest BCUT2D eigenvalue weighted by atomic mass is 19.1. The van der Waals surface area contributed by atoms with E-state index in [1.54, 1.807) is 36.4 Å². The molecule has 11 heteroatoms. The van der Waals surface area contributed by atoms with E-state index < -0.39 is 16.2 Å². The molecule has 0 fully saturated rings. The van der Waals surface area contributed by atoms with Crippen molar-refractivity contribution in [2.24, 2.45) is 0 Å². The molecule has 0 aliphatic rings. The number of aromatic nitrogens is 4. The zero-order valence-electron chi connectivity index (χ0n) is 16.7. The van der Waals surface area contributed by atoms with Gasteiger partial charge in [-0.3, -0.25) is 20.0 Å². The number of nitro groups is 1. The van der Waals surface area contributed by atoms with Crippen LogP contribution in [0.5, 0.6) is 11.5 Å². The van der Waals surface area contributed by atoms with Crippen molar-refractivity contribution in [3.05, 3.63) is 91.9 Å². The summed E-state index contributed by atoms with van der Waals surface area (Å²) in [7, 11) is 1.48. The van der Waals surface area contributed by atoms with Crippen LogP contribution >= 0.6 is 0 Å². The summed E-state index contributed by atoms with van der Waals surface area (Å²) in [6.07, 6.45) is 4.14. The summed E-state index contributed by atoms with van der Waals surface area (Å²) >= 11 is 0. The SMILES string of the molecule is COc1cc(/C=C/c2nc3nc[nH]n3c(=O)c2[N+](=O)[O-])ccc1OCc1ccc(F)cc1. The minimum absolute atomic E-state index is 0.0161. The maximum atomic E-state index is 13.0. The Hall–Kier alpha value is -4.54. The molecular weight excluding hydrogens is 421 g/mol. The Morgan fingerprint density at radius 3 is 2.69 bits per heavy atom. The number of hydrogen-bond donors (Lipinski definition) is 1. The minimum Gasteiger partial charge on any atom is -0.493 e. The van der Waals surface area contributed by atoms with Gasteiger partial charge in [0.15, 0.2) is 17.2 Å². The molecule has 0 amide bonds. The Bertz CT molecular complexity index is 1380. The van der Waals surface area contributed by atoms with Gasteiger partial charge in [-0.05, 0) is 41.5 Å². The van der Waals surface area contributed by atoms with Crippen LogP contribution in [0.1, 0.15) is 16.8 Å². The van der Waals surface area contributed by atoms with Gasteiger partial charge in [0, 0.05) is 0 Å². The van der Waals surface area contributed by atoms with Crippen LogP contribution in [0.3, 0.4) is 0 Å². The molecule has 0 saturated carbocycles. The lowest BCUT2D eigenvalue weighted by Crippen LogP contribution is -2.20. The summed E-state index contributed by atoms with van der Waals surface area (Å²) in [5.41, 5.74) is -0.235. The number of nitrogens with one attached hydrogen (secondary N) is 1. The predicted molar refractivity (Wildman–Crippen MR) is 113 cm³/mol.